The highest BCUT2D eigenvalue weighted by molar-refractivity contribution is 9.10. The van der Waals surface area contributed by atoms with Gasteiger partial charge >= 0.3 is 6.18 Å². The Morgan fingerprint density at radius 2 is 2.05 bits per heavy atom. The van der Waals surface area contributed by atoms with Crippen LogP contribution in [-0.2, 0) is 4.74 Å². The molecule has 1 unspecified atom stereocenters. The number of rotatable bonds is 8. The molecule has 0 fully saturated rings. The van der Waals surface area contributed by atoms with Gasteiger partial charge in [0.25, 0.3) is 0 Å². The minimum absolute atomic E-state index is 0.0771. The minimum atomic E-state index is -4.32. The Bertz CT molecular complexity index is 441. The Balaban J connectivity index is 2.83. The molecule has 0 aromatic heterocycles. The number of alkyl halides is 3. The lowest BCUT2D eigenvalue weighted by Crippen LogP contribution is -2.29. The maximum atomic E-state index is 12.2. The molecule has 0 aliphatic carbocycles. The Hall–Kier alpha value is -0.790. The summed E-state index contributed by atoms with van der Waals surface area (Å²) in [5, 5.41) is 3.18. The van der Waals surface area contributed by atoms with Crippen LogP contribution in [0.2, 0.25) is 0 Å². The van der Waals surface area contributed by atoms with Crippen LogP contribution in [0.15, 0.2) is 22.7 Å². The summed E-state index contributed by atoms with van der Waals surface area (Å²) in [6, 6.07) is 5.04. The quantitative estimate of drug-likeness (QED) is 0.748. The Kier molecular flexibility index (Phi) is 7.48. The molecular formula is C14H19BrF3NO2. The third-order valence-corrected chi connectivity index (χ3v) is 3.25. The highest BCUT2D eigenvalue weighted by Gasteiger charge is 2.28. The molecule has 0 amide bonds. The molecule has 1 rings (SSSR count). The zero-order valence-corrected chi connectivity index (χ0v) is 13.6. The summed E-state index contributed by atoms with van der Waals surface area (Å²) in [4.78, 5) is 0. The zero-order valence-electron chi connectivity index (χ0n) is 12.0. The summed E-state index contributed by atoms with van der Waals surface area (Å²) >= 11 is 3.36. The molecule has 3 nitrogen and oxygen atoms in total. The van der Waals surface area contributed by atoms with Gasteiger partial charge in [0.15, 0.2) is 0 Å². The molecular weight excluding hydrogens is 351 g/mol. The van der Waals surface area contributed by atoms with E-state index in [1.54, 1.807) is 6.07 Å². The molecule has 0 heterocycles. The predicted molar refractivity (Wildman–Crippen MR) is 78.6 cm³/mol. The Morgan fingerprint density at radius 3 is 2.62 bits per heavy atom. The van der Waals surface area contributed by atoms with Crippen LogP contribution in [0.25, 0.3) is 0 Å². The van der Waals surface area contributed by atoms with Gasteiger partial charge in [0.05, 0.1) is 19.8 Å². The van der Waals surface area contributed by atoms with E-state index in [4.69, 9.17) is 9.47 Å². The van der Waals surface area contributed by atoms with Crippen LogP contribution in [0.4, 0.5) is 13.2 Å². The van der Waals surface area contributed by atoms with Crippen LogP contribution in [0.1, 0.15) is 24.9 Å². The minimum Gasteiger partial charge on any atom is -0.496 e. The van der Waals surface area contributed by atoms with Gasteiger partial charge in [0, 0.05) is 10.0 Å². The highest BCUT2D eigenvalue weighted by Crippen LogP contribution is 2.29. The van der Waals surface area contributed by atoms with Gasteiger partial charge in [-0.1, -0.05) is 22.9 Å². The number of hydrogen-bond acceptors (Lipinski definition) is 3. The van der Waals surface area contributed by atoms with Crippen molar-refractivity contribution in [1.82, 2.24) is 5.32 Å². The van der Waals surface area contributed by atoms with Gasteiger partial charge in [-0.2, -0.15) is 13.2 Å². The molecule has 1 N–H and O–H groups in total. The van der Waals surface area contributed by atoms with E-state index in [2.05, 4.69) is 21.2 Å². The SMILES string of the molecule is CCCNC(COCC(F)(F)F)c1cc(Br)ccc1OC. The van der Waals surface area contributed by atoms with E-state index in [1.807, 2.05) is 19.1 Å². The van der Waals surface area contributed by atoms with E-state index < -0.39 is 12.8 Å². The molecule has 1 aromatic carbocycles. The van der Waals surface area contributed by atoms with Crippen molar-refractivity contribution < 1.29 is 22.6 Å². The number of benzene rings is 1. The number of halogens is 4. The van der Waals surface area contributed by atoms with E-state index in [-0.39, 0.29) is 12.6 Å². The van der Waals surface area contributed by atoms with E-state index in [1.165, 1.54) is 7.11 Å². The smallest absolute Gasteiger partial charge is 0.411 e. The zero-order chi connectivity index (χ0) is 15.9. The van der Waals surface area contributed by atoms with Crippen molar-refractivity contribution in [3.63, 3.8) is 0 Å². The van der Waals surface area contributed by atoms with Crippen LogP contribution < -0.4 is 10.1 Å². The number of ether oxygens (including phenoxy) is 2. The van der Waals surface area contributed by atoms with E-state index >= 15 is 0 Å². The van der Waals surface area contributed by atoms with Gasteiger partial charge in [0.2, 0.25) is 0 Å². The monoisotopic (exact) mass is 369 g/mol. The summed E-state index contributed by atoms with van der Waals surface area (Å²) < 4.78 is 47.5. The maximum absolute atomic E-state index is 12.2. The van der Waals surface area contributed by atoms with Crippen molar-refractivity contribution in [3.05, 3.63) is 28.2 Å². The van der Waals surface area contributed by atoms with Crippen LogP contribution in [0, 0.1) is 0 Å². The first kappa shape index (κ1) is 18.3. The average molecular weight is 370 g/mol. The molecule has 120 valence electrons. The lowest BCUT2D eigenvalue weighted by Gasteiger charge is -2.22. The van der Waals surface area contributed by atoms with E-state index in [0.29, 0.717) is 12.3 Å². The van der Waals surface area contributed by atoms with Crippen molar-refractivity contribution >= 4 is 15.9 Å². The standard InChI is InChI=1S/C14H19BrF3NO2/c1-3-6-19-12(8-21-9-14(16,17)18)11-7-10(15)4-5-13(11)20-2/h4-5,7,12,19H,3,6,8-9H2,1-2H3. The van der Waals surface area contributed by atoms with E-state index in [9.17, 15) is 13.2 Å². The van der Waals surface area contributed by atoms with Crippen LogP contribution in [0.5, 0.6) is 5.75 Å². The van der Waals surface area contributed by atoms with Crippen molar-refractivity contribution in [3.8, 4) is 5.75 Å². The van der Waals surface area contributed by atoms with Gasteiger partial charge in [-0.25, -0.2) is 0 Å². The second-order valence-electron chi connectivity index (χ2n) is 4.52. The molecule has 0 spiro atoms. The van der Waals surface area contributed by atoms with Crippen molar-refractivity contribution in [2.24, 2.45) is 0 Å². The third-order valence-electron chi connectivity index (χ3n) is 2.76. The van der Waals surface area contributed by atoms with Crippen LogP contribution in [-0.4, -0.2) is 33.0 Å². The molecule has 0 aliphatic heterocycles. The van der Waals surface area contributed by atoms with Gasteiger partial charge in [-0.15, -0.1) is 0 Å². The summed E-state index contributed by atoms with van der Waals surface area (Å²) in [6.07, 6.45) is -3.46. The number of methoxy groups -OCH3 is 1. The van der Waals surface area contributed by atoms with Crippen LogP contribution in [0.3, 0.4) is 0 Å². The molecule has 0 saturated carbocycles. The fourth-order valence-electron chi connectivity index (χ4n) is 1.85. The fourth-order valence-corrected chi connectivity index (χ4v) is 2.23. The summed E-state index contributed by atoms with van der Waals surface area (Å²) in [6.45, 7) is 1.33. The first-order chi connectivity index (χ1) is 9.87. The lowest BCUT2D eigenvalue weighted by molar-refractivity contribution is -0.175. The summed E-state index contributed by atoms with van der Waals surface area (Å²) in [5.41, 5.74) is 0.766. The molecule has 7 heteroatoms. The summed E-state index contributed by atoms with van der Waals surface area (Å²) in [5.74, 6) is 0.613. The van der Waals surface area contributed by atoms with Gasteiger partial charge in [0.1, 0.15) is 12.4 Å². The fraction of sp³-hybridized carbons (Fsp3) is 0.571. The third kappa shape index (κ3) is 6.67. The molecule has 1 atom stereocenters. The maximum Gasteiger partial charge on any atom is 0.411 e. The molecule has 0 radical (unpaired) electrons. The first-order valence-electron chi connectivity index (χ1n) is 6.58. The lowest BCUT2D eigenvalue weighted by atomic mass is 10.1. The molecule has 0 bridgehead atoms. The molecule has 0 aliphatic rings. The van der Waals surface area contributed by atoms with Gasteiger partial charge in [-0.3, -0.25) is 0 Å². The summed E-state index contributed by atoms with van der Waals surface area (Å²) in [7, 11) is 1.53. The van der Waals surface area contributed by atoms with Crippen molar-refractivity contribution in [2.45, 2.75) is 25.6 Å². The predicted octanol–water partition coefficient (Wildman–Crippen LogP) is 4.08. The Labute approximate surface area is 130 Å². The largest absolute Gasteiger partial charge is 0.496 e. The first-order valence-corrected chi connectivity index (χ1v) is 7.38. The Morgan fingerprint density at radius 1 is 1.33 bits per heavy atom. The second kappa shape index (κ2) is 8.60. The number of nitrogens with one attached hydrogen (secondary N) is 1. The highest BCUT2D eigenvalue weighted by atomic mass is 79.9. The van der Waals surface area contributed by atoms with Crippen LogP contribution >= 0.6 is 15.9 Å². The van der Waals surface area contributed by atoms with Crippen molar-refractivity contribution in [1.29, 1.82) is 0 Å². The van der Waals surface area contributed by atoms with Gasteiger partial charge < -0.3 is 14.8 Å². The van der Waals surface area contributed by atoms with Crippen molar-refractivity contribution in [2.75, 3.05) is 26.9 Å². The van der Waals surface area contributed by atoms with E-state index in [0.717, 1.165) is 16.5 Å². The molecule has 21 heavy (non-hydrogen) atoms. The molecule has 0 saturated heterocycles. The normalized spacial score (nSPS) is 13.2. The average Bonchev–Trinajstić information content (AvgIpc) is 2.41. The van der Waals surface area contributed by atoms with Gasteiger partial charge in [-0.05, 0) is 31.2 Å². The number of hydrogen-bond donors (Lipinski definition) is 1. The topological polar surface area (TPSA) is 30.5 Å². The second-order valence-corrected chi connectivity index (χ2v) is 5.44. The molecule has 1 aromatic rings.